The molecule has 6 nitrogen and oxygen atoms in total. The van der Waals surface area contributed by atoms with Crippen molar-refractivity contribution in [2.75, 3.05) is 46.0 Å². The molecule has 0 aliphatic carbocycles. The molecular weight excluding hydrogens is 368 g/mol. The van der Waals surface area contributed by atoms with Crippen LogP contribution in [0, 0.1) is 0 Å². The summed E-state index contributed by atoms with van der Waals surface area (Å²) < 4.78 is 16.7. The molecule has 0 atom stereocenters. The molecule has 154 valence electrons. The topological polar surface area (TPSA) is 52.4 Å². The van der Waals surface area contributed by atoms with Crippen molar-refractivity contribution in [3.8, 4) is 17.2 Å². The molecule has 2 aliphatic rings. The summed E-state index contributed by atoms with van der Waals surface area (Å²) in [6, 6.07) is 13.9. The molecule has 0 radical (unpaired) electrons. The molecule has 2 aliphatic heterocycles. The third-order valence-corrected chi connectivity index (χ3v) is 5.53. The van der Waals surface area contributed by atoms with Crippen molar-refractivity contribution in [3.05, 3.63) is 53.6 Å². The second kappa shape index (κ2) is 9.18. The van der Waals surface area contributed by atoms with Gasteiger partial charge in [-0.3, -0.25) is 4.79 Å². The lowest BCUT2D eigenvalue weighted by Gasteiger charge is -2.32. The quantitative estimate of drug-likeness (QED) is 0.766. The monoisotopic (exact) mass is 397 g/mol. The van der Waals surface area contributed by atoms with E-state index < -0.39 is 0 Å². The van der Waals surface area contributed by atoms with Crippen LogP contribution in [0.25, 0.3) is 0 Å². The van der Waals surface area contributed by atoms with Gasteiger partial charge in [0.15, 0.2) is 6.61 Å². The first kappa shape index (κ1) is 19.6. The largest absolute Gasteiger partial charge is 0.494 e. The van der Waals surface area contributed by atoms with Gasteiger partial charge in [-0.15, -0.1) is 0 Å². The molecule has 4 rings (SSSR count). The number of carbonyl (C=O) groups excluding carboxylic acids is 1. The average molecular weight is 397 g/mol. The number of quaternary nitrogens is 1. The molecule has 6 heteroatoms. The van der Waals surface area contributed by atoms with E-state index in [1.165, 1.54) is 16.0 Å². The van der Waals surface area contributed by atoms with Gasteiger partial charge in [-0.2, -0.15) is 0 Å². The maximum atomic E-state index is 12.5. The molecule has 2 aromatic carbocycles. The van der Waals surface area contributed by atoms with Gasteiger partial charge in [-0.05, 0) is 55.0 Å². The van der Waals surface area contributed by atoms with Crippen molar-refractivity contribution in [2.45, 2.75) is 19.9 Å². The second-order valence-corrected chi connectivity index (χ2v) is 7.54. The first-order valence-electron chi connectivity index (χ1n) is 10.4. The lowest BCUT2D eigenvalue weighted by molar-refractivity contribution is -0.917. The highest BCUT2D eigenvalue weighted by atomic mass is 16.5. The number of piperazine rings is 1. The zero-order valence-electron chi connectivity index (χ0n) is 17.0. The number of fused-ring (bicyclic) bond motifs is 1. The maximum absolute atomic E-state index is 12.5. The Hall–Kier alpha value is -2.73. The summed E-state index contributed by atoms with van der Waals surface area (Å²) in [4.78, 5) is 15.9. The van der Waals surface area contributed by atoms with Gasteiger partial charge < -0.3 is 24.0 Å². The van der Waals surface area contributed by atoms with Crippen molar-refractivity contribution in [1.82, 2.24) is 4.90 Å². The molecule has 29 heavy (non-hydrogen) atoms. The Labute approximate surface area is 172 Å². The summed E-state index contributed by atoms with van der Waals surface area (Å²) in [7, 11) is 0. The smallest absolute Gasteiger partial charge is 0.260 e. The molecule has 0 bridgehead atoms. The Kier molecular flexibility index (Phi) is 6.20. The highest BCUT2D eigenvalue weighted by Crippen LogP contribution is 2.25. The normalized spacial score (nSPS) is 16.2. The molecule has 0 aromatic heterocycles. The van der Waals surface area contributed by atoms with Crippen LogP contribution in [-0.2, 0) is 17.8 Å². The van der Waals surface area contributed by atoms with E-state index in [9.17, 15) is 4.79 Å². The van der Waals surface area contributed by atoms with E-state index in [1.807, 2.05) is 36.1 Å². The Morgan fingerprint density at radius 3 is 2.52 bits per heavy atom. The summed E-state index contributed by atoms with van der Waals surface area (Å²) in [5.41, 5.74) is 2.67. The fraction of sp³-hybridized carbons (Fsp3) is 0.435. The fourth-order valence-corrected chi connectivity index (χ4v) is 3.92. The number of hydrogen-bond acceptors (Lipinski definition) is 4. The van der Waals surface area contributed by atoms with Crippen molar-refractivity contribution in [2.24, 2.45) is 0 Å². The number of amides is 1. The first-order valence-corrected chi connectivity index (χ1v) is 10.4. The van der Waals surface area contributed by atoms with Crippen LogP contribution in [0.4, 0.5) is 0 Å². The number of carbonyl (C=O) groups is 1. The van der Waals surface area contributed by atoms with Gasteiger partial charge in [0.05, 0.1) is 39.4 Å². The highest BCUT2D eigenvalue weighted by Gasteiger charge is 2.24. The molecule has 2 aromatic rings. The van der Waals surface area contributed by atoms with Gasteiger partial charge >= 0.3 is 0 Å². The average Bonchev–Trinajstić information content (AvgIpc) is 3.22. The standard InChI is InChI=1S/C23H28N2O4/c1-2-27-20-4-6-21(7-5-20)29-17-23(26)25-12-10-24(11-13-25)16-18-3-8-22-19(15-18)9-14-28-22/h3-8,15H,2,9-14,16-17H2,1H3/p+1. The SMILES string of the molecule is CCOc1ccc(OCC(=O)N2CC[NH+](Cc3ccc4c(c3)CCO4)CC2)cc1. The van der Waals surface area contributed by atoms with Crippen LogP contribution in [0.2, 0.25) is 0 Å². The van der Waals surface area contributed by atoms with Gasteiger partial charge in [0.2, 0.25) is 0 Å². The van der Waals surface area contributed by atoms with Crippen molar-refractivity contribution < 1.29 is 23.9 Å². The molecule has 2 heterocycles. The van der Waals surface area contributed by atoms with E-state index in [0.29, 0.717) is 12.4 Å². The number of benzene rings is 2. The third-order valence-electron chi connectivity index (χ3n) is 5.53. The second-order valence-electron chi connectivity index (χ2n) is 7.54. The molecular formula is C23H29N2O4+. The van der Waals surface area contributed by atoms with Crippen molar-refractivity contribution in [1.29, 1.82) is 0 Å². The van der Waals surface area contributed by atoms with Crippen LogP contribution >= 0.6 is 0 Å². The lowest BCUT2D eigenvalue weighted by atomic mass is 10.1. The van der Waals surface area contributed by atoms with Crippen LogP contribution in [-0.4, -0.2) is 56.8 Å². The number of nitrogens with one attached hydrogen (secondary N) is 1. The fourth-order valence-electron chi connectivity index (χ4n) is 3.92. The number of hydrogen-bond donors (Lipinski definition) is 1. The number of nitrogens with zero attached hydrogens (tertiary/aromatic N) is 1. The summed E-state index contributed by atoms with van der Waals surface area (Å²) >= 11 is 0. The van der Waals surface area contributed by atoms with Gasteiger partial charge in [-0.25, -0.2) is 0 Å². The van der Waals surface area contributed by atoms with Gasteiger partial charge in [0, 0.05) is 12.0 Å². The molecule has 1 N–H and O–H groups in total. The zero-order valence-corrected chi connectivity index (χ0v) is 17.0. The Bertz CT molecular complexity index is 829. The van der Waals surface area contributed by atoms with E-state index >= 15 is 0 Å². The first-order chi connectivity index (χ1) is 14.2. The van der Waals surface area contributed by atoms with Crippen molar-refractivity contribution >= 4 is 5.91 Å². The van der Waals surface area contributed by atoms with Crippen LogP contribution in [0.1, 0.15) is 18.1 Å². The third kappa shape index (κ3) is 5.01. The molecule has 0 spiro atoms. The Morgan fingerprint density at radius 1 is 1.07 bits per heavy atom. The van der Waals surface area contributed by atoms with Gasteiger partial charge in [-0.1, -0.05) is 0 Å². The number of rotatable bonds is 7. The van der Waals surface area contributed by atoms with E-state index in [0.717, 1.165) is 57.3 Å². The summed E-state index contributed by atoms with van der Waals surface area (Å²) in [6.45, 7) is 7.92. The van der Waals surface area contributed by atoms with Gasteiger partial charge in [0.1, 0.15) is 23.8 Å². The summed E-state index contributed by atoms with van der Waals surface area (Å²) in [5.74, 6) is 2.58. The summed E-state index contributed by atoms with van der Waals surface area (Å²) in [5, 5.41) is 0. The van der Waals surface area contributed by atoms with Crippen LogP contribution in [0.3, 0.4) is 0 Å². The van der Waals surface area contributed by atoms with E-state index in [-0.39, 0.29) is 12.5 Å². The van der Waals surface area contributed by atoms with Crippen molar-refractivity contribution in [3.63, 3.8) is 0 Å². The summed E-state index contributed by atoms with van der Waals surface area (Å²) in [6.07, 6.45) is 1.01. The molecule has 1 saturated heterocycles. The minimum atomic E-state index is 0.0487. The molecule has 1 fully saturated rings. The molecule has 1 amide bonds. The predicted molar refractivity (Wildman–Crippen MR) is 110 cm³/mol. The van der Waals surface area contributed by atoms with E-state index in [4.69, 9.17) is 14.2 Å². The number of ether oxygens (including phenoxy) is 3. The molecule has 0 unspecified atom stereocenters. The zero-order chi connectivity index (χ0) is 20.1. The van der Waals surface area contributed by atoms with Crippen LogP contribution in [0.5, 0.6) is 17.2 Å². The minimum absolute atomic E-state index is 0.0487. The Balaban J connectivity index is 1.21. The maximum Gasteiger partial charge on any atom is 0.260 e. The Morgan fingerprint density at radius 2 is 1.79 bits per heavy atom. The van der Waals surface area contributed by atoms with Crippen LogP contribution < -0.4 is 19.1 Å². The van der Waals surface area contributed by atoms with E-state index in [1.54, 1.807) is 0 Å². The van der Waals surface area contributed by atoms with Gasteiger partial charge in [0.25, 0.3) is 5.91 Å². The minimum Gasteiger partial charge on any atom is -0.494 e. The lowest BCUT2D eigenvalue weighted by Crippen LogP contribution is -3.13. The molecule has 0 saturated carbocycles. The van der Waals surface area contributed by atoms with Crippen LogP contribution in [0.15, 0.2) is 42.5 Å². The highest BCUT2D eigenvalue weighted by molar-refractivity contribution is 5.77. The van der Waals surface area contributed by atoms with E-state index in [2.05, 4.69) is 18.2 Å². The predicted octanol–water partition coefficient (Wildman–Crippen LogP) is 1.33.